The molecule has 1 aliphatic rings. The molecule has 304 valence electrons. The molecule has 3 rings (SSSR count). The molecular weight excluding hydrogens is 722 g/mol. The number of nitrogens with one attached hydrogen (secondary N) is 5. The van der Waals surface area contributed by atoms with Gasteiger partial charge in [-0.3, -0.25) is 33.6 Å². The van der Waals surface area contributed by atoms with E-state index in [2.05, 4.69) is 26.6 Å². The van der Waals surface area contributed by atoms with E-state index in [0.717, 1.165) is 19.3 Å². The second-order valence-corrected chi connectivity index (χ2v) is 14.6. The van der Waals surface area contributed by atoms with Gasteiger partial charge in [-0.15, -0.1) is 0 Å². The minimum atomic E-state index is -1.38. The van der Waals surface area contributed by atoms with E-state index in [1.54, 1.807) is 55.5 Å². The summed E-state index contributed by atoms with van der Waals surface area (Å²) in [6.07, 6.45) is 4.55. The minimum Gasteiger partial charge on any atom is -0.481 e. The van der Waals surface area contributed by atoms with Gasteiger partial charge in [0.1, 0.15) is 12.1 Å². The van der Waals surface area contributed by atoms with Gasteiger partial charge < -0.3 is 36.8 Å². The van der Waals surface area contributed by atoms with Crippen molar-refractivity contribution in [3.05, 3.63) is 71.8 Å². The largest absolute Gasteiger partial charge is 0.481 e. The van der Waals surface area contributed by atoms with Gasteiger partial charge in [0, 0.05) is 6.42 Å². The standard InChI is InChI=1S/C41H55N5O10/c1-4-14-30(36(49)39(52)42-24-33(48)46-35(41(55)56)28-19-12-7-13-20-28)43-37(50)31(23-25(2)3)44-38(51)34(27-17-10-6-11-18-27)45-32(47)22-21-29(40(53)54)26-15-8-5-9-16-26/h5,7-9,12-13,15-16,19-20,25,27,29-31,34-35H,4,6,10-11,14,17-18,21-24H2,1-3H3,(H,42,52)(H,43,50)(H,44,51)(H,45,47)(H,46,48)(H,53,54)(H,55,56)/t29?,30-,31-,34-,35-/m0/s1. The molecule has 0 aromatic heterocycles. The van der Waals surface area contributed by atoms with Crippen molar-refractivity contribution in [2.75, 3.05) is 6.54 Å². The average Bonchev–Trinajstić information content (AvgIpc) is 3.18. The molecular formula is C41H55N5O10. The number of carboxylic acid groups (broad SMARTS) is 2. The summed E-state index contributed by atoms with van der Waals surface area (Å²) < 4.78 is 0. The number of ketones is 1. The fourth-order valence-corrected chi connectivity index (χ4v) is 6.85. The third-order valence-corrected chi connectivity index (χ3v) is 9.75. The Morgan fingerprint density at radius 1 is 0.679 bits per heavy atom. The fourth-order valence-electron chi connectivity index (χ4n) is 6.85. The molecule has 1 fully saturated rings. The van der Waals surface area contributed by atoms with Crippen molar-refractivity contribution in [1.82, 2.24) is 26.6 Å². The molecule has 5 atom stereocenters. The maximum absolute atomic E-state index is 13.9. The molecule has 7 N–H and O–H groups in total. The van der Waals surface area contributed by atoms with E-state index in [-0.39, 0.29) is 37.5 Å². The van der Waals surface area contributed by atoms with E-state index in [0.29, 0.717) is 30.4 Å². The summed E-state index contributed by atoms with van der Waals surface area (Å²) >= 11 is 0. The first-order valence-corrected chi connectivity index (χ1v) is 19.3. The normalized spacial score (nSPS) is 15.6. The van der Waals surface area contributed by atoms with Crippen LogP contribution in [0.15, 0.2) is 60.7 Å². The number of hydrogen-bond acceptors (Lipinski definition) is 8. The topological polar surface area (TPSA) is 237 Å². The summed E-state index contributed by atoms with van der Waals surface area (Å²) in [7, 11) is 0. The van der Waals surface area contributed by atoms with Crippen LogP contribution in [0.25, 0.3) is 0 Å². The number of Topliss-reactive ketones (excluding diaryl/α,β-unsaturated/α-hetero) is 1. The van der Waals surface area contributed by atoms with Crippen molar-refractivity contribution in [2.45, 2.75) is 115 Å². The maximum atomic E-state index is 13.9. The quantitative estimate of drug-likeness (QED) is 0.0863. The second kappa shape index (κ2) is 22.7. The number of carbonyl (C=O) groups excluding carboxylic acids is 6. The first-order chi connectivity index (χ1) is 26.7. The third-order valence-electron chi connectivity index (χ3n) is 9.75. The summed E-state index contributed by atoms with van der Waals surface area (Å²) in [5, 5.41) is 32.1. The molecule has 0 radical (unpaired) electrons. The monoisotopic (exact) mass is 777 g/mol. The van der Waals surface area contributed by atoms with E-state index in [1.165, 1.54) is 12.1 Å². The van der Waals surface area contributed by atoms with Crippen LogP contribution in [0.5, 0.6) is 0 Å². The number of carboxylic acids is 2. The summed E-state index contributed by atoms with van der Waals surface area (Å²) in [5.41, 5.74) is 0.872. The highest BCUT2D eigenvalue weighted by Gasteiger charge is 2.36. The van der Waals surface area contributed by atoms with Gasteiger partial charge in [-0.05, 0) is 55.1 Å². The Bertz CT molecular complexity index is 1660. The fraction of sp³-hybridized carbons (Fsp3) is 0.512. The summed E-state index contributed by atoms with van der Waals surface area (Å²) in [6, 6.07) is 11.7. The smallest absolute Gasteiger partial charge is 0.330 e. The van der Waals surface area contributed by atoms with Gasteiger partial charge in [0.05, 0.1) is 18.5 Å². The lowest BCUT2D eigenvalue weighted by Gasteiger charge is -2.32. The number of carbonyl (C=O) groups is 8. The SMILES string of the molecule is CCC[C@H](NC(=O)[C@H](CC(C)C)NC(=O)[C@@H](NC(=O)CCC(C(=O)O)c1ccccc1)C1CCCCC1)C(=O)C(=O)NCC(=O)N[C@H](C(=O)O)c1ccccc1. The van der Waals surface area contributed by atoms with Crippen LogP contribution >= 0.6 is 0 Å². The lowest BCUT2D eigenvalue weighted by molar-refractivity contribution is -0.142. The maximum Gasteiger partial charge on any atom is 0.330 e. The van der Waals surface area contributed by atoms with Gasteiger partial charge in [0.15, 0.2) is 6.04 Å². The molecule has 2 aromatic rings. The molecule has 0 bridgehead atoms. The zero-order valence-corrected chi connectivity index (χ0v) is 32.3. The van der Waals surface area contributed by atoms with E-state index >= 15 is 0 Å². The Labute approximate surface area is 327 Å². The zero-order chi connectivity index (χ0) is 41.2. The predicted octanol–water partition coefficient (Wildman–Crippen LogP) is 3.14. The molecule has 1 aliphatic carbocycles. The molecule has 5 amide bonds. The van der Waals surface area contributed by atoms with Crippen molar-refractivity contribution >= 4 is 47.3 Å². The van der Waals surface area contributed by atoms with Gasteiger partial charge in [0.2, 0.25) is 29.4 Å². The molecule has 15 heteroatoms. The highest BCUT2D eigenvalue weighted by molar-refractivity contribution is 6.38. The first kappa shape index (κ1) is 44.8. The minimum absolute atomic E-state index is 0.0181. The summed E-state index contributed by atoms with van der Waals surface area (Å²) in [5.74, 6) is -8.42. The van der Waals surface area contributed by atoms with E-state index in [4.69, 9.17) is 0 Å². The number of benzene rings is 2. The lowest BCUT2D eigenvalue weighted by Crippen LogP contribution is -2.58. The first-order valence-electron chi connectivity index (χ1n) is 19.3. The van der Waals surface area contributed by atoms with Crippen LogP contribution in [0.4, 0.5) is 0 Å². The van der Waals surface area contributed by atoms with Crippen LogP contribution in [-0.4, -0.2) is 82.1 Å². The Balaban J connectivity index is 1.68. The van der Waals surface area contributed by atoms with Crippen LogP contribution in [0.1, 0.15) is 108 Å². The Morgan fingerprint density at radius 2 is 1.27 bits per heavy atom. The Morgan fingerprint density at radius 3 is 1.82 bits per heavy atom. The summed E-state index contributed by atoms with van der Waals surface area (Å²) in [4.78, 5) is 103. The van der Waals surface area contributed by atoms with Crippen LogP contribution in [0.3, 0.4) is 0 Å². The van der Waals surface area contributed by atoms with E-state index < -0.39 is 83.9 Å². The lowest BCUT2D eigenvalue weighted by atomic mass is 9.83. The van der Waals surface area contributed by atoms with Crippen molar-refractivity contribution in [2.24, 2.45) is 11.8 Å². The van der Waals surface area contributed by atoms with Gasteiger partial charge in [-0.2, -0.15) is 0 Å². The van der Waals surface area contributed by atoms with Crippen LogP contribution in [-0.2, 0) is 38.4 Å². The molecule has 0 spiro atoms. The Hall–Kier alpha value is -5.60. The molecule has 1 unspecified atom stereocenters. The summed E-state index contributed by atoms with van der Waals surface area (Å²) in [6.45, 7) is 4.74. The Kier molecular flexibility index (Phi) is 18.2. The number of hydrogen-bond donors (Lipinski definition) is 7. The molecule has 2 aromatic carbocycles. The van der Waals surface area contributed by atoms with Gasteiger partial charge in [0.25, 0.3) is 5.91 Å². The van der Waals surface area contributed by atoms with E-state index in [1.807, 2.05) is 13.8 Å². The van der Waals surface area contributed by atoms with E-state index in [9.17, 15) is 48.6 Å². The molecule has 1 saturated carbocycles. The number of rotatable bonds is 22. The van der Waals surface area contributed by atoms with Crippen LogP contribution in [0.2, 0.25) is 0 Å². The van der Waals surface area contributed by atoms with Crippen LogP contribution in [0, 0.1) is 11.8 Å². The van der Waals surface area contributed by atoms with Gasteiger partial charge in [-0.1, -0.05) is 107 Å². The predicted molar refractivity (Wildman–Crippen MR) is 206 cm³/mol. The molecule has 15 nitrogen and oxygen atoms in total. The van der Waals surface area contributed by atoms with Crippen molar-refractivity contribution in [1.29, 1.82) is 0 Å². The molecule has 0 aliphatic heterocycles. The van der Waals surface area contributed by atoms with Crippen LogP contribution < -0.4 is 26.6 Å². The van der Waals surface area contributed by atoms with Gasteiger partial charge in [-0.25, -0.2) is 4.79 Å². The molecule has 0 saturated heterocycles. The molecule has 56 heavy (non-hydrogen) atoms. The highest BCUT2D eigenvalue weighted by atomic mass is 16.4. The highest BCUT2D eigenvalue weighted by Crippen LogP contribution is 2.28. The third kappa shape index (κ3) is 14.2. The van der Waals surface area contributed by atoms with Crippen molar-refractivity contribution < 1.29 is 48.6 Å². The molecule has 0 heterocycles. The van der Waals surface area contributed by atoms with Crippen molar-refractivity contribution in [3.8, 4) is 0 Å². The number of amides is 5. The average molecular weight is 778 g/mol. The second-order valence-electron chi connectivity index (χ2n) is 14.6. The van der Waals surface area contributed by atoms with Gasteiger partial charge >= 0.3 is 11.9 Å². The zero-order valence-electron chi connectivity index (χ0n) is 32.3. The van der Waals surface area contributed by atoms with Crippen molar-refractivity contribution in [3.63, 3.8) is 0 Å². The number of aliphatic carboxylic acids is 2.